The van der Waals surface area contributed by atoms with Gasteiger partial charge in [0, 0.05) is 11.1 Å². The minimum atomic E-state index is -0.708. The minimum Gasteiger partial charge on any atom is -0.497 e. The molecule has 0 aliphatic heterocycles. The van der Waals surface area contributed by atoms with Crippen molar-refractivity contribution in [1.82, 2.24) is 0 Å². The third-order valence-corrected chi connectivity index (χ3v) is 5.38. The molecule has 0 saturated carbocycles. The van der Waals surface area contributed by atoms with Crippen LogP contribution in [0, 0.1) is 0 Å². The Kier molecular flexibility index (Phi) is 7.33. The number of amides is 1. The molecule has 0 spiro atoms. The summed E-state index contributed by atoms with van der Waals surface area (Å²) in [6.45, 7) is -0.415. The highest BCUT2D eigenvalue weighted by atomic mass is 16.5. The summed E-state index contributed by atoms with van der Waals surface area (Å²) in [5.41, 5.74) is 3.28. The van der Waals surface area contributed by atoms with E-state index in [1.807, 2.05) is 42.5 Å². The summed E-state index contributed by atoms with van der Waals surface area (Å²) in [7, 11) is 1.52. The molecule has 6 nitrogen and oxygen atoms in total. The van der Waals surface area contributed by atoms with Gasteiger partial charge in [-0.15, -0.1) is 0 Å². The fourth-order valence-corrected chi connectivity index (χ4v) is 3.50. The van der Waals surface area contributed by atoms with Crippen LogP contribution in [-0.2, 0) is 4.74 Å². The molecule has 174 valence electrons. The number of carbonyl (C=O) groups excluding carboxylic acids is 3. The third-order valence-electron chi connectivity index (χ3n) is 5.38. The zero-order valence-electron chi connectivity index (χ0n) is 19.1. The van der Waals surface area contributed by atoms with E-state index in [1.165, 1.54) is 13.2 Å². The van der Waals surface area contributed by atoms with Crippen molar-refractivity contribution in [3.05, 3.63) is 120 Å². The van der Waals surface area contributed by atoms with Crippen molar-refractivity contribution in [1.29, 1.82) is 0 Å². The third kappa shape index (κ3) is 5.81. The van der Waals surface area contributed by atoms with E-state index in [2.05, 4.69) is 5.32 Å². The Hall–Kier alpha value is -4.71. The summed E-state index contributed by atoms with van der Waals surface area (Å²) < 4.78 is 10.4. The molecule has 4 aromatic carbocycles. The molecule has 0 unspecified atom stereocenters. The maximum absolute atomic E-state index is 12.7. The topological polar surface area (TPSA) is 81.7 Å². The van der Waals surface area contributed by atoms with Gasteiger partial charge in [0.15, 0.2) is 12.4 Å². The van der Waals surface area contributed by atoms with Gasteiger partial charge in [-0.25, -0.2) is 4.79 Å². The number of benzene rings is 4. The van der Waals surface area contributed by atoms with Crippen LogP contribution in [0.4, 0.5) is 5.69 Å². The van der Waals surface area contributed by atoms with Crippen molar-refractivity contribution in [3.8, 4) is 16.9 Å². The van der Waals surface area contributed by atoms with E-state index >= 15 is 0 Å². The molecule has 0 radical (unpaired) electrons. The van der Waals surface area contributed by atoms with Crippen LogP contribution in [0.1, 0.15) is 31.1 Å². The van der Waals surface area contributed by atoms with E-state index < -0.39 is 18.5 Å². The van der Waals surface area contributed by atoms with Crippen LogP contribution in [0.15, 0.2) is 103 Å². The molecule has 1 amide bonds. The quantitative estimate of drug-likeness (QED) is 0.268. The first-order valence-electron chi connectivity index (χ1n) is 11.0. The molecule has 0 bridgehead atoms. The molecule has 4 rings (SSSR count). The first-order valence-corrected chi connectivity index (χ1v) is 11.0. The van der Waals surface area contributed by atoms with Gasteiger partial charge in [-0.3, -0.25) is 9.59 Å². The van der Waals surface area contributed by atoms with Crippen molar-refractivity contribution in [3.63, 3.8) is 0 Å². The summed E-state index contributed by atoms with van der Waals surface area (Å²) >= 11 is 0. The molecule has 0 saturated heterocycles. The monoisotopic (exact) mass is 465 g/mol. The lowest BCUT2D eigenvalue weighted by molar-refractivity contribution is 0.0475. The summed E-state index contributed by atoms with van der Waals surface area (Å²) in [5.74, 6) is -0.893. The largest absolute Gasteiger partial charge is 0.497 e. The van der Waals surface area contributed by atoms with Crippen molar-refractivity contribution in [2.24, 2.45) is 0 Å². The van der Waals surface area contributed by atoms with Gasteiger partial charge in [-0.1, -0.05) is 72.8 Å². The molecule has 0 fully saturated rings. The van der Waals surface area contributed by atoms with Gasteiger partial charge in [-0.2, -0.15) is 0 Å². The first kappa shape index (κ1) is 23.4. The Morgan fingerprint density at radius 1 is 0.714 bits per heavy atom. The Labute approximate surface area is 203 Å². The first-order chi connectivity index (χ1) is 17.0. The zero-order valence-corrected chi connectivity index (χ0v) is 19.1. The smallest absolute Gasteiger partial charge is 0.340 e. The fourth-order valence-electron chi connectivity index (χ4n) is 3.50. The second-order valence-electron chi connectivity index (χ2n) is 7.67. The number of carbonyl (C=O) groups is 3. The van der Waals surface area contributed by atoms with E-state index in [0.29, 0.717) is 16.9 Å². The zero-order chi connectivity index (χ0) is 24.6. The number of methoxy groups -OCH3 is 1. The van der Waals surface area contributed by atoms with E-state index in [9.17, 15) is 14.4 Å². The van der Waals surface area contributed by atoms with E-state index in [0.717, 1.165) is 11.1 Å². The maximum Gasteiger partial charge on any atom is 0.340 e. The van der Waals surface area contributed by atoms with Crippen molar-refractivity contribution < 1.29 is 23.9 Å². The minimum absolute atomic E-state index is 0.149. The lowest BCUT2D eigenvalue weighted by Crippen LogP contribution is -2.18. The number of nitrogens with one attached hydrogen (secondary N) is 1. The summed E-state index contributed by atoms with van der Waals surface area (Å²) in [4.78, 5) is 38.0. The van der Waals surface area contributed by atoms with Gasteiger partial charge >= 0.3 is 5.97 Å². The average Bonchev–Trinajstić information content (AvgIpc) is 2.92. The number of anilines is 1. The predicted octanol–water partition coefficient (Wildman–Crippen LogP) is 5.65. The van der Waals surface area contributed by atoms with E-state index in [1.54, 1.807) is 54.6 Å². The molecule has 1 N–H and O–H groups in total. The van der Waals surface area contributed by atoms with Gasteiger partial charge in [-0.05, 0) is 41.5 Å². The summed E-state index contributed by atoms with van der Waals surface area (Å²) in [6, 6.07) is 30.1. The van der Waals surface area contributed by atoms with Crippen molar-refractivity contribution in [2.75, 3.05) is 19.0 Å². The van der Waals surface area contributed by atoms with Crippen LogP contribution < -0.4 is 10.1 Å². The Balaban J connectivity index is 1.40. The number of esters is 1. The van der Waals surface area contributed by atoms with Crippen LogP contribution >= 0.6 is 0 Å². The number of hydrogen-bond acceptors (Lipinski definition) is 5. The SMILES string of the molecule is COc1cccc(C(=O)Nc2ccccc2C(=O)OCC(=O)c2ccc(-c3ccccc3)cc2)c1. The second-order valence-corrected chi connectivity index (χ2v) is 7.67. The maximum atomic E-state index is 12.7. The van der Waals surface area contributed by atoms with Gasteiger partial charge in [0.1, 0.15) is 5.75 Å². The van der Waals surface area contributed by atoms with Gasteiger partial charge in [0.05, 0.1) is 18.4 Å². The molecule has 35 heavy (non-hydrogen) atoms. The van der Waals surface area contributed by atoms with Crippen LogP contribution in [0.25, 0.3) is 11.1 Å². The number of rotatable bonds is 8. The molecular formula is C29H23NO5. The van der Waals surface area contributed by atoms with Gasteiger partial charge in [0.25, 0.3) is 5.91 Å². The van der Waals surface area contributed by atoms with Crippen LogP contribution in [0.2, 0.25) is 0 Å². The van der Waals surface area contributed by atoms with Gasteiger partial charge in [0.2, 0.25) is 0 Å². The van der Waals surface area contributed by atoms with E-state index in [4.69, 9.17) is 9.47 Å². The Morgan fingerprint density at radius 3 is 2.14 bits per heavy atom. The van der Waals surface area contributed by atoms with Crippen LogP contribution in [0.3, 0.4) is 0 Å². The highest BCUT2D eigenvalue weighted by Crippen LogP contribution is 2.21. The van der Waals surface area contributed by atoms with Crippen LogP contribution in [0.5, 0.6) is 5.75 Å². The molecule has 0 heterocycles. The Bertz CT molecular complexity index is 1350. The summed E-state index contributed by atoms with van der Waals surface area (Å²) in [6.07, 6.45) is 0. The molecule has 0 atom stereocenters. The summed E-state index contributed by atoms with van der Waals surface area (Å²) in [5, 5.41) is 2.72. The number of ketones is 1. The van der Waals surface area contributed by atoms with Crippen molar-refractivity contribution in [2.45, 2.75) is 0 Å². The van der Waals surface area contributed by atoms with Crippen molar-refractivity contribution >= 4 is 23.3 Å². The number of para-hydroxylation sites is 1. The highest BCUT2D eigenvalue weighted by Gasteiger charge is 2.17. The lowest BCUT2D eigenvalue weighted by Gasteiger charge is -2.11. The Morgan fingerprint density at radius 2 is 1.40 bits per heavy atom. The molecule has 6 heteroatoms. The normalized spacial score (nSPS) is 10.3. The molecule has 4 aromatic rings. The second kappa shape index (κ2) is 10.9. The molecule has 0 aliphatic rings. The highest BCUT2D eigenvalue weighted by molar-refractivity contribution is 6.08. The van der Waals surface area contributed by atoms with E-state index in [-0.39, 0.29) is 17.0 Å². The average molecular weight is 466 g/mol. The standard InChI is InChI=1S/C29H23NO5/c1-34-24-11-7-10-23(18-24)28(32)30-26-13-6-5-12-25(26)29(33)35-19-27(31)22-16-14-21(15-17-22)20-8-3-2-4-9-20/h2-18H,19H2,1H3,(H,30,32). The predicted molar refractivity (Wildman–Crippen MR) is 134 cm³/mol. The number of ether oxygens (including phenoxy) is 2. The molecular weight excluding hydrogens is 442 g/mol. The lowest BCUT2D eigenvalue weighted by atomic mass is 10.0. The number of Topliss-reactive ketones (excluding diaryl/α,β-unsaturated/α-hetero) is 1. The van der Waals surface area contributed by atoms with Gasteiger partial charge < -0.3 is 14.8 Å². The fraction of sp³-hybridized carbons (Fsp3) is 0.0690. The number of hydrogen-bond donors (Lipinski definition) is 1. The molecule has 0 aromatic heterocycles. The van der Waals surface area contributed by atoms with Crippen LogP contribution in [-0.4, -0.2) is 31.4 Å². The molecule has 0 aliphatic carbocycles.